The van der Waals surface area contributed by atoms with Gasteiger partial charge in [0, 0.05) is 12.7 Å². The number of benzene rings is 1. The van der Waals surface area contributed by atoms with Crippen LogP contribution in [0.4, 0.5) is 0 Å². The van der Waals surface area contributed by atoms with Crippen molar-refractivity contribution in [3.63, 3.8) is 0 Å². The zero-order valence-corrected chi connectivity index (χ0v) is 14.6. The molecule has 1 N–H and O–H groups in total. The van der Waals surface area contributed by atoms with E-state index in [0.29, 0.717) is 22.2 Å². The fraction of sp³-hybridized carbons (Fsp3) is 0.375. The minimum Gasteiger partial charge on any atom is -0.493 e. The van der Waals surface area contributed by atoms with Gasteiger partial charge in [-0.15, -0.1) is 0 Å². The normalized spacial score (nSPS) is 17.7. The molecule has 0 fully saturated rings. The molecule has 1 aromatic rings. The Kier molecular flexibility index (Phi) is 5.10. The number of rotatable bonds is 4. The second-order valence-corrected chi connectivity index (χ2v) is 5.43. The number of carbonyl (C=O) groups excluding carboxylic acids is 1. The number of allylic oxidation sites excluding steroid dienone is 1. The van der Waals surface area contributed by atoms with Crippen molar-refractivity contribution < 1.29 is 19.0 Å². The third-order valence-electron chi connectivity index (χ3n) is 3.90. The Morgan fingerprint density at radius 2 is 1.87 bits per heavy atom. The van der Waals surface area contributed by atoms with E-state index in [-0.39, 0.29) is 0 Å². The zero-order valence-electron chi connectivity index (χ0n) is 13.8. The summed E-state index contributed by atoms with van der Waals surface area (Å²) in [4.78, 5) is 14.0. The van der Waals surface area contributed by atoms with Crippen LogP contribution in [-0.4, -0.2) is 44.4 Å². The molecular weight excluding hydrogens is 316 g/mol. The summed E-state index contributed by atoms with van der Waals surface area (Å²) in [5, 5.41) is 3.71. The predicted molar refractivity (Wildman–Crippen MR) is 90.5 cm³/mol. The van der Waals surface area contributed by atoms with Crippen LogP contribution in [0, 0.1) is 0 Å². The minimum atomic E-state index is -0.411. The lowest BCUT2D eigenvalue weighted by Crippen LogP contribution is -2.46. The van der Waals surface area contributed by atoms with Gasteiger partial charge in [0.25, 0.3) is 0 Å². The Morgan fingerprint density at radius 3 is 2.43 bits per heavy atom. The molecule has 0 unspecified atom stereocenters. The van der Waals surface area contributed by atoms with E-state index in [1.807, 2.05) is 19.1 Å². The van der Waals surface area contributed by atoms with Crippen LogP contribution in [0.2, 0.25) is 0 Å². The third kappa shape index (κ3) is 3.10. The highest BCUT2D eigenvalue weighted by Crippen LogP contribution is 2.35. The molecular formula is C16H20N2O4S. The summed E-state index contributed by atoms with van der Waals surface area (Å²) >= 11 is 5.34. The summed E-state index contributed by atoms with van der Waals surface area (Å²) < 4.78 is 15.5. The lowest BCUT2D eigenvalue weighted by Gasteiger charge is -2.35. The Bertz CT molecular complexity index is 672. The van der Waals surface area contributed by atoms with Crippen molar-refractivity contribution >= 4 is 23.3 Å². The molecule has 1 aromatic carbocycles. The fourth-order valence-corrected chi connectivity index (χ4v) is 2.75. The number of carbonyl (C=O) groups is 1. The van der Waals surface area contributed by atoms with Gasteiger partial charge in [0.05, 0.1) is 32.9 Å². The first-order valence-electron chi connectivity index (χ1n) is 6.99. The van der Waals surface area contributed by atoms with Crippen LogP contribution in [0.3, 0.4) is 0 Å². The highest BCUT2D eigenvalue weighted by atomic mass is 32.1. The summed E-state index contributed by atoms with van der Waals surface area (Å²) in [5.41, 5.74) is 2.09. The average molecular weight is 336 g/mol. The average Bonchev–Trinajstić information content (AvgIpc) is 2.58. The zero-order chi connectivity index (χ0) is 17.1. The second-order valence-electron chi connectivity index (χ2n) is 5.05. The summed E-state index contributed by atoms with van der Waals surface area (Å²) in [6.07, 6.45) is 0. The van der Waals surface area contributed by atoms with Gasteiger partial charge in [-0.05, 0) is 36.8 Å². The van der Waals surface area contributed by atoms with Crippen molar-refractivity contribution in [2.75, 3.05) is 28.4 Å². The van der Waals surface area contributed by atoms with Gasteiger partial charge in [-0.1, -0.05) is 6.07 Å². The van der Waals surface area contributed by atoms with Gasteiger partial charge in [-0.2, -0.15) is 0 Å². The molecule has 23 heavy (non-hydrogen) atoms. The number of hydrogen-bond donors (Lipinski definition) is 1. The lowest BCUT2D eigenvalue weighted by atomic mass is 9.95. The van der Waals surface area contributed by atoms with Crippen molar-refractivity contribution in [3.8, 4) is 11.5 Å². The quantitative estimate of drug-likeness (QED) is 0.667. The topological polar surface area (TPSA) is 60.0 Å². The lowest BCUT2D eigenvalue weighted by molar-refractivity contribution is -0.136. The maximum Gasteiger partial charge on any atom is 0.337 e. The van der Waals surface area contributed by atoms with E-state index < -0.39 is 12.0 Å². The van der Waals surface area contributed by atoms with E-state index in [4.69, 9.17) is 26.4 Å². The van der Waals surface area contributed by atoms with Crippen LogP contribution in [0.15, 0.2) is 29.5 Å². The third-order valence-corrected chi connectivity index (χ3v) is 4.29. The second kappa shape index (κ2) is 6.87. The highest BCUT2D eigenvalue weighted by Gasteiger charge is 2.33. The molecule has 0 aromatic heterocycles. The van der Waals surface area contributed by atoms with Crippen LogP contribution in [0.1, 0.15) is 18.5 Å². The van der Waals surface area contributed by atoms with Gasteiger partial charge < -0.3 is 24.4 Å². The number of thiocarbonyl (C=S) groups is 1. The molecule has 1 aliphatic rings. The first kappa shape index (κ1) is 17.1. The number of hydrogen-bond acceptors (Lipinski definition) is 5. The number of nitrogens with one attached hydrogen (secondary N) is 1. The van der Waals surface area contributed by atoms with Gasteiger partial charge in [0.1, 0.15) is 0 Å². The number of methoxy groups -OCH3 is 3. The van der Waals surface area contributed by atoms with Crippen molar-refractivity contribution in [2.24, 2.45) is 0 Å². The summed E-state index contributed by atoms with van der Waals surface area (Å²) in [5.74, 6) is 0.801. The molecule has 0 amide bonds. The van der Waals surface area contributed by atoms with E-state index >= 15 is 0 Å². The molecule has 124 valence electrons. The molecule has 1 aliphatic heterocycles. The summed E-state index contributed by atoms with van der Waals surface area (Å²) in [6, 6.07) is 5.07. The van der Waals surface area contributed by atoms with E-state index in [2.05, 4.69) is 5.32 Å². The Balaban J connectivity index is 2.55. The van der Waals surface area contributed by atoms with E-state index in [1.165, 1.54) is 7.11 Å². The molecule has 6 nitrogen and oxygen atoms in total. The highest BCUT2D eigenvalue weighted by molar-refractivity contribution is 7.80. The molecule has 7 heteroatoms. The Labute approximate surface area is 141 Å². The molecule has 0 spiro atoms. The van der Waals surface area contributed by atoms with Crippen molar-refractivity contribution in [1.82, 2.24) is 10.2 Å². The maximum absolute atomic E-state index is 12.2. The van der Waals surface area contributed by atoms with Crippen LogP contribution in [-0.2, 0) is 9.53 Å². The van der Waals surface area contributed by atoms with Crippen LogP contribution in [0.5, 0.6) is 11.5 Å². The number of nitrogens with zero attached hydrogens (tertiary/aromatic N) is 1. The first-order chi connectivity index (χ1) is 10.9. The molecule has 1 atom stereocenters. The van der Waals surface area contributed by atoms with Gasteiger partial charge in [-0.3, -0.25) is 0 Å². The van der Waals surface area contributed by atoms with Gasteiger partial charge in [0.2, 0.25) is 0 Å². The molecule has 0 saturated carbocycles. The fourth-order valence-electron chi connectivity index (χ4n) is 2.49. The van der Waals surface area contributed by atoms with Gasteiger partial charge in [0.15, 0.2) is 16.6 Å². The van der Waals surface area contributed by atoms with Crippen LogP contribution < -0.4 is 14.8 Å². The Hall–Kier alpha value is -2.28. The van der Waals surface area contributed by atoms with Gasteiger partial charge in [-0.25, -0.2) is 4.79 Å². The van der Waals surface area contributed by atoms with E-state index in [1.54, 1.807) is 32.2 Å². The molecule has 0 aliphatic carbocycles. The number of ether oxygens (including phenoxy) is 3. The van der Waals surface area contributed by atoms with Crippen molar-refractivity contribution in [3.05, 3.63) is 35.0 Å². The molecule has 0 saturated heterocycles. The van der Waals surface area contributed by atoms with Crippen LogP contribution in [0.25, 0.3) is 0 Å². The molecule has 2 rings (SSSR count). The largest absolute Gasteiger partial charge is 0.493 e. The Morgan fingerprint density at radius 1 is 1.22 bits per heavy atom. The van der Waals surface area contributed by atoms with Crippen LogP contribution >= 0.6 is 12.2 Å². The van der Waals surface area contributed by atoms with Crippen molar-refractivity contribution in [1.29, 1.82) is 0 Å². The van der Waals surface area contributed by atoms with Gasteiger partial charge >= 0.3 is 5.97 Å². The summed E-state index contributed by atoms with van der Waals surface area (Å²) in [6.45, 7) is 1.84. The molecule has 1 heterocycles. The SMILES string of the molecule is COC(=O)C1=C(C)N(C)C(=S)N[C@@H]1c1ccc(OC)c(OC)c1. The van der Waals surface area contributed by atoms with E-state index in [0.717, 1.165) is 11.3 Å². The predicted octanol–water partition coefficient (Wildman–Crippen LogP) is 2.01. The first-order valence-corrected chi connectivity index (χ1v) is 7.40. The number of esters is 1. The maximum atomic E-state index is 12.2. The monoisotopic (exact) mass is 336 g/mol. The standard InChI is InChI=1S/C16H20N2O4S/c1-9-13(15(19)22-5)14(17-16(23)18(9)2)10-6-7-11(20-3)12(8-10)21-4/h6-8,14H,1-5H3,(H,17,23)/t14-/m1/s1. The molecule has 0 radical (unpaired) electrons. The minimum absolute atomic E-state index is 0.399. The van der Waals surface area contributed by atoms with E-state index in [9.17, 15) is 4.79 Å². The smallest absolute Gasteiger partial charge is 0.337 e. The van der Waals surface area contributed by atoms with Crippen molar-refractivity contribution in [2.45, 2.75) is 13.0 Å². The summed E-state index contributed by atoms with van der Waals surface area (Å²) in [7, 11) is 6.31. The molecule has 0 bridgehead atoms.